The molecule has 5 aliphatic rings. The number of carbonyl (C=O) groups is 4. The number of likely N-dealkylation sites (tertiary alicyclic amines) is 1. The average Bonchev–Trinajstić information content (AvgIpc) is 3.84. The van der Waals surface area contributed by atoms with Crippen LogP contribution in [-0.2, 0) is 14.3 Å². The summed E-state index contributed by atoms with van der Waals surface area (Å²) in [5.41, 5.74) is 9.82. The van der Waals surface area contributed by atoms with E-state index >= 15 is 0 Å². The van der Waals surface area contributed by atoms with Crippen LogP contribution in [0.5, 0.6) is 0 Å². The molecule has 0 spiro atoms. The molecule has 0 saturated carbocycles. The lowest BCUT2D eigenvalue weighted by Crippen LogP contribution is -2.54. The molecule has 2 aromatic rings. The summed E-state index contributed by atoms with van der Waals surface area (Å²) < 4.78 is 6.07. The molecule has 3 atom stereocenters. The third kappa shape index (κ3) is 17.4. The van der Waals surface area contributed by atoms with E-state index in [0.717, 1.165) is 118 Å². The van der Waals surface area contributed by atoms with Gasteiger partial charge < -0.3 is 25.2 Å². The number of fused-ring (bicyclic) bond motifs is 1. The van der Waals surface area contributed by atoms with Crippen molar-refractivity contribution in [3.8, 4) is 0 Å². The summed E-state index contributed by atoms with van der Waals surface area (Å²) >= 11 is 0. The second-order valence-corrected chi connectivity index (χ2v) is 19.6. The van der Waals surface area contributed by atoms with Crippen LogP contribution in [-0.4, -0.2) is 127 Å². The Hall–Kier alpha value is -5.86. The van der Waals surface area contributed by atoms with Gasteiger partial charge in [-0.15, -0.1) is 6.58 Å². The fourth-order valence-electron chi connectivity index (χ4n) is 9.58. The van der Waals surface area contributed by atoms with Gasteiger partial charge in [0.05, 0.1) is 34.8 Å². The monoisotopic (exact) mass is 1000 g/mol. The highest BCUT2D eigenvalue weighted by atomic mass is 16.5. The van der Waals surface area contributed by atoms with Crippen molar-refractivity contribution < 1.29 is 23.9 Å². The lowest BCUT2D eigenvalue weighted by Gasteiger charge is -2.36. The highest BCUT2D eigenvalue weighted by molar-refractivity contribution is 6.23. The molecule has 1 aromatic heterocycles. The molecule has 14 heteroatoms. The van der Waals surface area contributed by atoms with Crippen molar-refractivity contribution in [3.05, 3.63) is 118 Å². The Morgan fingerprint density at radius 2 is 1.68 bits per heavy atom. The number of amides is 4. The predicted molar refractivity (Wildman–Crippen MR) is 299 cm³/mol. The largest absolute Gasteiger partial charge is 0.380 e. The molecule has 3 unspecified atom stereocenters. The molecular weight excluding hydrogens is 915 g/mol. The summed E-state index contributed by atoms with van der Waals surface area (Å²) in [6, 6.07) is 10.9. The van der Waals surface area contributed by atoms with Crippen LogP contribution in [0.4, 0.5) is 5.69 Å². The molecule has 0 radical (unpaired) electrons. The predicted octanol–water partition coefficient (Wildman–Crippen LogP) is 9.89. The first kappa shape index (κ1) is 59.7. The quantitative estimate of drug-likeness (QED) is 0.0567. The molecule has 14 nitrogen and oxygen atoms in total. The van der Waals surface area contributed by atoms with Crippen molar-refractivity contribution in [3.63, 3.8) is 0 Å². The maximum atomic E-state index is 13.3. The van der Waals surface area contributed by atoms with E-state index in [-0.39, 0.29) is 18.7 Å². The fourth-order valence-corrected chi connectivity index (χ4v) is 9.58. The summed E-state index contributed by atoms with van der Waals surface area (Å²) in [5, 5.41) is 9.70. The topological polar surface area (TPSA) is 152 Å². The van der Waals surface area contributed by atoms with Gasteiger partial charge in [-0.05, 0) is 145 Å². The van der Waals surface area contributed by atoms with Crippen LogP contribution in [0.15, 0.2) is 101 Å². The molecule has 3 N–H and O–H groups in total. The van der Waals surface area contributed by atoms with Crippen LogP contribution in [0.1, 0.15) is 159 Å². The Bertz CT molecular complexity index is 2320. The van der Waals surface area contributed by atoms with Crippen LogP contribution in [0, 0.1) is 12.8 Å². The normalized spacial score (nSPS) is 19.7. The van der Waals surface area contributed by atoms with Gasteiger partial charge >= 0.3 is 0 Å². The minimum atomic E-state index is -0.957. The first-order valence-corrected chi connectivity index (χ1v) is 27.1. The van der Waals surface area contributed by atoms with E-state index < -0.39 is 23.8 Å². The number of ether oxygens (including phenoxy) is 1. The van der Waals surface area contributed by atoms with Crippen molar-refractivity contribution in [2.45, 2.75) is 146 Å². The number of hydrogen-bond acceptors (Lipinski definition) is 12. The van der Waals surface area contributed by atoms with E-state index in [1.54, 1.807) is 25.3 Å². The van der Waals surface area contributed by atoms with Crippen molar-refractivity contribution in [1.82, 2.24) is 35.6 Å². The lowest BCUT2D eigenvalue weighted by molar-refractivity contribution is -0.136. The number of piperazine rings is 1. The van der Waals surface area contributed by atoms with Gasteiger partial charge in [-0.1, -0.05) is 59.3 Å². The first-order valence-electron chi connectivity index (χ1n) is 27.1. The maximum Gasteiger partial charge on any atom is 0.262 e. The lowest BCUT2D eigenvalue weighted by atomic mass is 9.95. The van der Waals surface area contributed by atoms with E-state index in [0.29, 0.717) is 29.7 Å². The van der Waals surface area contributed by atoms with Gasteiger partial charge in [0.25, 0.3) is 11.8 Å². The molecule has 3 fully saturated rings. The number of hydrogen-bond donors (Lipinski definition) is 3. The van der Waals surface area contributed by atoms with Crippen LogP contribution in [0.3, 0.4) is 0 Å². The minimum Gasteiger partial charge on any atom is -0.380 e. The van der Waals surface area contributed by atoms with Gasteiger partial charge in [-0.25, -0.2) is 0 Å². The Balaban J connectivity index is 0.000000581. The van der Waals surface area contributed by atoms with Gasteiger partial charge in [0.15, 0.2) is 0 Å². The van der Waals surface area contributed by atoms with Gasteiger partial charge in [0.1, 0.15) is 11.9 Å². The molecule has 1 aromatic carbocycles. The molecule has 4 amide bonds. The van der Waals surface area contributed by atoms with Crippen molar-refractivity contribution in [2.75, 3.05) is 71.0 Å². The molecule has 0 bridgehead atoms. The summed E-state index contributed by atoms with van der Waals surface area (Å²) in [6.45, 7) is 32.6. The number of carbonyl (C=O) groups excluding carboxylic acids is 4. The molecule has 400 valence electrons. The van der Waals surface area contributed by atoms with E-state index in [1.165, 1.54) is 41.7 Å². The standard InChI is InChI=1S/C44H63N7O5.C9H12N2.C3H8.C3H6/c1-6-10-31(4)37-28-34(50-19-8-12-32(50)5)29-46-41(35(37)7-2)45-18-17-30(3)11-9-25-56-26-24-48-20-22-49(23-21-48)33-13-14-36-38(27-33)44(55)51(43(36)54)39-15-16-40(52)47-42(39)53;1-7-5-4-6-9(11-7)8(2)10-3;2*1-3-2/h10,13-14,27-30,32,39,45-46H,6-9,11-12,15-26H2,1-5H3,(H,47,52,53);4-6H,1-3H3;3H2,1-2H3;3H,1H2,2H3/b31-10+;;;. The van der Waals surface area contributed by atoms with Crippen LogP contribution in [0.2, 0.25) is 0 Å². The second-order valence-electron chi connectivity index (χ2n) is 19.6. The van der Waals surface area contributed by atoms with E-state index in [1.807, 2.05) is 45.0 Å². The Labute approximate surface area is 438 Å². The fraction of sp³-hybridized carbons (Fsp3) is 0.559. The number of nitrogens with zero attached hydrogens (tertiary/aromatic N) is 6. The number of aryl methyl sites for hydroxylation is 1. The highest BCUT2D eigenvalue weighted by Gasteiger charge is 2.45. The third-order valence-corrected chi connectivity index (χ3v) is 13.7. The number of imide groups is 2. The van der Waals surface area contributed by atoms with Gasteiger partial charge in [0.2, 0.25) is 11.8 Å². The van der Waals surface area contributed by atoms with Crippen LogP contribution < -0.4 is 20.9 Å². The van der Waals surface area contributed by atoms with Gasteiger partial charge in [-0.3, -0.25) is 44.3 Å². The summed E-state index contributed by atoms with van der Waals surface area (Å²) in [7, 11) is 1.78. The second kappa shape index (κ2) is 31.0. The molecule has 5 aliphatic heterocycles. The number of pyridine rings is 1. The highest BCUT2D eigenvalue weighted by Crippen LogP contribution is 2.33. The van der Waals surface area contributed by atoms with E-state index in [9.17, 15) is 19.2 Å². The van der Waals surface area contributed by atoms with Crippen LogP contribution >= 0.6 is 0 Å². The number of rotatable bonds is 18. The Morgan fingerprint density at radius 1 is 0.973 bits per heavy atom. The number of aromatic nitrogens is 1. The molecule has 73 heavy (non-hydrogen) atoms. The molecule has 0 aliphatic carbocycles. The van der Waals surface area contributed by atoms with Crippen molar-refractivity contribution in [2.24, 2.45) is 10.9 Å². The zero-order valence-corrected chi connectivity index (χ0v) is 46.4. The first-order chi connectivity index (χ1) is 35.2. The maximum absolute atomic E-state index is 13.3. The Kier molecular flexibility index (Phi) is 25.4. The number of nitrogens with one attached hydrogen (secondary N) is 3. The third-order valence-electron chi connectivity index (χ3n) is 13.7. The number of aliphatic imine (C=N–C) groups is 1. The van der Waals surface area contributed by atoms with Gasteiger partial charge in [0, 0.05) is 89.5 Å². The zero-order valence-electron chi connectivity index (χ0n) is 46.4. The number of allylic oxidation sites excluding steroid dienone is 6. The average molecular weight is 1000 g/mol. The zero-order chi connectivity index (χ0) is 53.5. The minimum absolute atomic E-state index is 0.104. The number of benzene rings is 1. The summed E-state index contributed by atoms with van der Waals surface area (Å²) in [5.74, 6) is -0.196. The smallest absolute Gasteiger partial charge is 0.262 e. The van der Waals surface area contributed by atoms with E-state index in [2.05, 4.69) is 114 Å². The summed E-state index contributed by atoms with van der Waals surface area (Å²) in [6.07, 6.45) is 18.0. The number of anilines is 1. The SMILES string of the molecule is C=CC.CC/C=C(\C)C1=CC(N2CCCC2C)=CNC(NCCC(C)CCCOCCN2CCN(c3ccc4c(c3)C(=O)N(C3CCC(=O)NC3=O)C4=O)CC2)=C1CC.CCC.CN=C(C)c1cccc(C)n1. The molecule has 6 heterocycles. The van der Waals surface area contributed by atoms with Gasteiger partial charge in [-0.2, -0.15) is 0 Å². The van der Waals surface area contributed by atoms with Crippen molar-refractivity contribution in [1.29, 1.82) is 0 Å². The molecule has 3 saturated heterocycles. The Morgan fingerprint density at radius 3 is 2.32 bits per heavy atom. The number of piperidine rings is 1. The van der Waals surface area contributed by atoms with Crippen molar-refractivity contribution >= 4 is 35.0 Å². The van der Waals surface area contributed by atoms with Crippen LogP contribution in [0.25, 0.3) is 0 Å². The molecular formula is C59H89N9O5. The summed E-state index contributed by atoms with van der Waals surface area (Å²) in [4.78, 5) is 66.9. The van der Waals surface area contributed by atoms with E-state index in [4.69, 9.17) is 4.74 Å². The molecule has 7 rings (SSSR count).